The molecule has 2 aromatic rings. The number of esters is 1. The van der Waals surface area contributed by atoms with Gasteiger partial charge < -0.3 is 34.7 Å². The molecule has 0 aliphatic carbocycles. The second-order valence-electron chi connectivity index (χ2n) is 8.05. The Bertz CT molecular complexity index is 1310. The van der Waals surface area contributed by atoms with Gasteiger partial charge in [0.25, 0.3) is 0 Å². The van der Waals surface area contributed by atoms with Crippen LogP contribution in [0, 0.1) is 11.3 Å². The van der Waals surface area contributed by atoms with E-state index in [2.05, 4.69) is 37.1 Å². The molecule has 4 N–H and O–H groups in total. The van der Waals surface area contributed by atoms with Crippen LogP contribution >= 0.6 is 15.9 Å². The monoisotopic (exact) mass is 601 g/mol. The Labute approximate surface area is 233 Å². The molecule has 1 aliphatic rings. The van der Waals surface area contributed by atoms with Gasteiger partial charge in [0, 0.05) is 5.70 Å². The quantitative estimate of drug-likeness (QED) is 0.124. The summed E-state index contributed by atoms with van der Waals surface area (Å²) in [6.45, 7) is 3.54. The molecule has 0 spiro atoms. The van der Waals surface area contributed by atoms with Crippen molar-refractivity contribution < 1.29 is 33.6 Å². The van der Waals surface area contributed by atoms with Crippen molar-refractivity contribution in [3.8, 4) is 23.3 Å². The molecule has 0 saturated heterocycles. The number of nitrogens with zero attached hydrogens (tertiary/aromatic N) is 2. The van der Waals surface area contributed by atoms with Gasteiger partial charge in [0.15, 0.2) is 24.3 Å². The first-order valence-corrected chi connectivity index (χ1v) is 12.6. The summed E-state index contributed by atoms with van der Waals surface area (Å²) >= 11 is 3.37. The second-order valence-corrected chi connectivity index (χ2v) is 8.91. The number of urea groups is 1. The zero-order valence-corrected chi connectivity index (χ0v) is 23.1. The zero-order chi connectivity index (χ0) is 28.4. The van der Waals surface area contributed by atoms with E-state index in [4.69, 9.17) is 24.2 Å². The van der Waals surface area contributed by atoms with E-state index >= 15 is 0 Å². The van der Waals surface area contributed by atoms with Crippen LogP contribution in [0.4, 0.5) is 4.79 Å². The Hall–Kier alpha value is -4.28. The van der Waals surface area contributed by atoms with Gasteiger partial charge in [-0.05, 0) is 71.2 Å². The number of benzene rings is 2. The number of carbonyl (C=O) groups excluding carboxylic acids is 2. The van der Waals surface area contributed by atoms with Crippen molar-refractivity contribution in [2.75, 3.05) is 26.9 Å². The molecule has 12 nitrogen and oxygen atoms in total. The number of allylic oxidation sites excluding steroid dienone is 1. The van der Waals surface area contributed by atoms with Crippen LogP contribution in [-0.4, -0.2) is 56.5 Å². The predicted octanol–water partition coefficient (Wildman–Crippen LogP) is 2.87. The highest BCUT2D eigenvalue weighted by atomic mass is 79.9. The number of carbonyl (C=O) groups is 2. The lowest BCUT2D eigenvalue weighted by molar-refractivity contribution is -0.136. The Morgan fingerprint density at radius 2 is 2.00 bits per heavy atom. The van der Waals surface area contributed by atoms with E-state index < -0.39 is 24.3 Å². The van der Waals surface area contributed by atoms with Crippen LogP contribution in [-0.2, 0) is 9.53 Å². The van der Waals surface area contributed by atoms with E-state index in [1.165, 1.54) is 13.3 Å². The van der Waals surface area contributed by atoms with Gasteiger partial charge in [-0.25, -0.2) is 9.59 Å². The number of amides is 2. The van der Waals surface area contributed by atoms with E-state index in [-0.39, 0.29) is 18.8 Å². The molecule has 2 atom stereocenters. The molecule has 2 aromatic carbocycles. The smallest absolute Gasteiger partial charge is 0.337 e. The fraction of sp³-hybridized carbons (Fsp3) is 0.308. The van der Waals surface area contributed by atoms with E-state index in [0.717, 1.165) is 5.56 Å². The molecule has 1 heterocycles. The van der Waals surface area contributed by atoms with Crippen LogP contribution < -0.4 is 30.3 Å². The van der Waals surface area contributed by atoms with Gasteiger partial charge in [-0.3, -0.25) is 5.43 Å². The molecule has 3 rings (SSSR count). The second kappa shape index (κ2) is 14.0. The summed E-state index contributed by atoms with van der Waals surface area (Å²) in [4.78, 5) is 24.5. The lowest BCUT2D eigenvalue weighted by atomic mass is 9.95. The van der Waals surface area contributed by atoms with Gasteiger partial charge in [0.05, 0.1) is 36.0 Å². The van der Waals surface area contributed by atoms with Crippen LogP contribution in [0.3, 0.4) is 0 Å². The number of hydrogen-bond acceptors (Lipinski definition) is 10. The average molecular weight is 602 g/mol. The van der Waals surface area contributed by atoms with E-state index in [1.54, 1.807) is 50.2 Å². The first-order chi connectivity index (χ1) is 18.8. The number of aliphatic hydroxyl groups is 1. The van der Waals surface area contributed by atoms with Gasteiger partial charge in [-0.15, -0.1) is 0 Å². The summed E-state index contributed by atoms with van der Waals surface area (Å²) in [5.74, 6) is 0.668. The first-order valence-electron chi connectivity index (χ1n) is 11.8. The van der Waals surface area contributed by atoms with Crippen LogP contribution in [0.5, 0.6) is 17.2 Å². The molecule has 0 bridgehead atoms. The van der Waals surface area contributed by atoms with Crippen molar-refractivity contribution in [1.82, 2.24) is 16.1 Å². The summed E-state index contributed by atoms with van der Waals surface area (Å²) in [6, 6.07) is 10.9. The molecule has 0 radical (unpaired) electrons. The lowest BCUT2D eigenvalue weighted by Crippen LogP contribution is -2.45. The third kappa shape index (κ3) is 7.86. The minimum Gasteiger partial charge on any atom is -0.490 e. The van der Waals surface area contributed by atoms with Gasteiger partial charge in [0.2, 0.25) is 0 Å². The molecule has 0 saturated carbocycles. The molecule has 0 fully saturated rings. The number of hydrazone groups is 1. The fourth-order valence-corrected chi connectivity index (χ4v) is 4.16. The van der Waals surface area contributed by atoms with Crippen molar-refractivity contribution in [3.63, 3.8) is 0 Å². The summed E-state index contributed by atoms with van der Waals surface area (Å²) in [6.07, 6.45) is 0.363. The van der Waals surface area contributed by atoms with Crippen molar-refractivity contribution in [3.05, 3.63) is 63.3 Å². The van der Waals surface area contributed by atoms with Crippen LogP contribution in [0.2, 0.25) is 0 Å². The molecule has 2 amide bonds. The number of rotatable bonds is 12. The molecule has 1 aliphatic heterocycles. The highest BCUT2D eigenvalue weighted by molar-refractivity contribution is 9.10. The molecule has 206 valence electrons. The normalized spacial score (nSPS) is 15.6. The van der Waals surface area contributed by atoms with Crippen molar-refractivity contribution in [2.24, 2.45) is 5.10 Å². The summed E-state index contributed by atoms with van der Waals surface area (Å²) in [5.41, 5.74) is 4.54. The standard InChI is InChI=1S/C26H28BrN5O7/c1-4-37-21-12-17(24-23(25(34)36-3)15(2)30-26(35)31-24)6-8-20(21)39-14-22(33)32-29-13-16-5-7-19(18(27)11-16)38-10-9-28/h5-8,11-13,22,24,32-33H,4,10,14H2,1-3H3,(H2,30,31,35)/b29-13-/t22-,24-/m1/s1. The van der Waals surface area contributed by atoms with E-state index in [0.29, 0.717) is 39.6 Å². The molecular weight excluding hydrogens is 574 g/mol. The number of ether oxygens (including phenoxy) is 4. The number of nitrogens with one attached hydrogen (secondary N) is 3. The van der Waals surface area contributed by atoms with Gasteiger partial charge in [-0.2, -0.15) is 10.4 Å². The highest BCUT2D eigenvalue weighted by Crippen LogP contribution is 2.35. The average Bonchev–Trinajstić information content (AvgIpc) is 2.91. The minimum absolute atomic E-state index is 0.0621. The topological polar surface area (TPSA) is 164 Å². The summed E-state index contributed by atoms with van der Waals surface area (Å²) in [5, 5.41) is 28.2. The van der Waals surface area contributed by atoms with Gasteiger partial charge in [0.1, 0.15) is 18.4 Å². The molecule has 0 unspecified atom stereocenters. The third-order valence-corrected chi connectivity index (χ3v) is 5.98. The van der Waals surface area contributed by atoms with Gasteiger partial charge in [-0.1, -0.05) is 6.07 Å². The van der Waals surface area contributed by atoms with E-state index in [1.807, 2.05) is 6.07 Å². The fourth-order valence-electron chi connectivity index (χ4n) is 3.64. The highest BCUT2D eigenvalue weighted by Gasteiger charge is 2.32. The van der Waals surface area contributed by atoms with Crippen LogP contribution in [0.15, 0.2) is 57.2 Å². The Balaban J connectivity index is 1.66. The maximum absolute atomic E-state index is 12.4. The van der Waals surface area contributed by atoms with Gasteiger partial charge >= 0.3 is 12.0 Å². The van der Waals surface area contributed by atoms with Crippen molar-refractivity contribution in [2.45, 2.75) is 26.1 Å². The molecule has 39 heavy (non-hydrogen) atoms. The first kappa shape index (κ1) is 29.3. The van der Waals surface area contributed by atoms with Crippen molar-refractivity contribution in [1.29, 1.82) is 5.26 Å². The molecular formula is C26H28BrN5O7. The molecule has 0 aromatic heterocycles. The number of aliphatic hydroxyl groups excluding tert-OH is 1. The minimum atomic E-state index is -1.14. The Morgan fingerprint density at radius 3 is 2.69 bits per heavy atom. The largest absolute Gasteiger partial charge is 0.490 e. The number of methoxy groups -OCH3 is 1. The number of nitriles is 1. The zero-order valence-electron chi connectivity index (χ0n) is 21.5. The maximum Gasteiger partial charge on any atom is 0.337 e. The number of hydrogen-bond donors (Lipinski definition) is 4. The Kier molecular flexibility index (Phi) is 10.5. The Morgan fingerprint density at radius 1 is 1.23 bits per heavy atom. The summed E-state index contributed by atoms with van der Waals surface area (Å²) < 4.78 is 22.3. The third-order valence-electron chi connectivity index (χ3n) is 5.36. The van der Waals surface area contributed by atoms with Crippen LogP contribution in [0.25, 0.3) is 0 Å². The number of halogens is 1. The lowest BCUT2D eigenvalue weighted by Gasteiger charge is -2.28. The predicted molar refractivity (Wildman–Crippen MR) is 144 cm³/mol. The van der Waals surface area contributed by atoms with Crippen molar-refractivity contribution >= 4 is 34.1 Å². The maximum atomic E-state index is 12.4. The summed E-state index contributed by atoms with van der Waals surface area (Å²) in [7, 11) is 1.27. The van der Waals surface area contributed by atoms with E-state index in [9.17, 15) is 14.7 Å². The van der Waals surface area contributed by atoms with Crippen LogP contribution in [0.1, 0.15) is 31.0 Å². The molecule has 13 heteroatoms. The SMILES string of the molecule is CCOc1cc([C@H]2NC(=O)NC(C)=C2C(=O)OC)ccc1OC[C@@H](O)N/N=C\c1ccc(OCC#N)c(Br)c1.